The first-order valence-corrected chi connectivity index (χ1v) is 8.62. The summed E-state index contributed by atoms with van der Waals surface area (Å²) in [5.74, 6) is -0.955. The van der Waals surface area contributed by atoms with Crippen LogP contribution in [0.2, 0.25) is 0 Å². The van der Waals surface area contributed by atoms with E-state index in [-0.39, 0.29) is 12.5 Å². The SMILES string of the molecule is Cc1cccc(C)c1NC(=O)COC(=O)c1cnn(Cc2ccccc2)c1. The third-order valence-corrected chi connectivity index (χ3v) is 4.14. The van der Waals surface area contributed by atoms with Crippen molar-refractivity contribution in [3.63, 3.8) is 0 Å². The van der Waals surface area contributed by atoms with Crippen LogP contribution < -0.4 is 5.32 Å². The minimum absolute atomic E-state index is 0.311. The average Bonchev–Trinajstić information content (AvgIpc) is 3.12. The molecule has 1 amide bonds. The van der Waals surface area contributed by atoms with Crippen LogP contribution in [0.25, 0.3) is 0 Å². The molecule has 0 aliphatic rings. The highest BCUT2D eigenvalue weighted by Crippen LogP contribution is 2.19. The Morgan fingerprint density at radius 1 is 1.04 bits per heavy atom. The number of hydrogen-bond donors (Lipinski definition) is 1. The third-order valence-electron chi connectivity index (χ3n) is 4.14. The molecule has 0 bridgehead atoms. The molecule has 0 fully saturated rings. The number of carbonyl (C=O) groups excluding carboxylic acids is 2. The zero-order valence-corrected chi connectivity index (χ0v) is 15.3. The molecule has 0 unspecified atom stereocenters. The summed E-state index contributed by atoms with van der Waals surface area (Å²) in [6.45, 7) is 4.03. The Hall–Kier alpha value is -3.41. The summed E-state index contributed by atoms with van der Waals surface area (Å²) in [6.07, 6.45) is 3.05. The van der Waals surface area contributed by atoms with Gasteiger partial charge in [0.1, 0.15) is 0 Å². The molecule has 3 rings (SSSR count). The maximum absolute atomic E-state index is 12.1. The van der Waals surface area contributed by atoms with Gasteiger partial charge >= 0.3 is 5.97 Å². The van der Waals surface area contributed by atoms with Gasteiger partial charge in [0, 0.05) is 11.9 Å². The van der Waals surface area contributed by atoms with E-state index in [1.165, 1.54) is 6.20 Å². The van der Waals surface area contributed by atoms with E-state index in [4.69, 9.17) is 4.74 Å². The molecule has 138 valence electrons. The van der Waals surface area contributed by atoms with E-state index < -0.39 is 5.97 Å². The molecule has 0 atom stereocenters. The number of benzene rings is 2. The topological polar surface area (TPSA) is 73.2 Å². The number of hydrogen-bond acceptors (Lipinski definition) is 4. The predicted molar refractivity (Wildman–Crippen MR) is 103 cm³/mol. The summed E-state index contributed by atoms with van der Waals surface area (Å²) >= 11 is 0. The van der Waals surface area contributed by atoms with Crippen molar-refractivity contribution in [2.75, 3.05) is 11.9 Å². The molecule has 6 heteroatoms. The Morgan fingerprint density at radius 2 is 1.74 bits per heavy atom. The van der Waals surface area contributed by atoms with Gasteiger partial charge < -0.3 is 10.1 Å². The second-order valence-corrected chi connectivity index (χ2v) is 6.30. The Kier molecular flexibility index (Phi) is 5.66. The molecule has 1 heterocycles. The van der Waals surface area contributed by atoms with Crippen molar-refractivity contribution in [1.29, 1.82) is 0 Å². The van der Waals surface area contributed by atoms with E-state index in [2.05, 4.69) is 10.4 Å². The van der Waals surface area contributed by atoms with Crippen LogP contribution in [0.5, 0.6) is 0 Å². The van der Waals surface area contributed by atoms with Crippen LogP contribution in [0.3, 0.4) is 0 Å². The Labute approximate surface area is 157 Å². The van der Waals surface area contributed by atoms with Crippen molar-refractivity contribution in [3.05, 3.63) is 83.2 Å². The fourth-order valence-corrected chi connectivity index (χ4v) is 2.73. The molecule has 6 nitrogen and oxygen atoms in total. The standard InChI is InChI=1S/C21H21N3O3/c1-15-7-6-8-16(2)20(15)23-19(25)14-27-21(26)18-11-22-24(13-18)12-17-9-4-3-5-10-17/h3-11,13H,12,14H2,1-2H3,(H,23,25). The fourth-order valence-electron chi connectivity index (χ4n) is 2.73. The highest BCUT2D eigenvalue weighted by atomic mass is 16.5. The molecular formula is C21H21N3O3. The zero-order valence-electron chi connectivity index (χ0n) is 15.3. The molecule has 0 aliphatic carbocycles. The lowest BCUT2D eigenvalue weighted by atomic mass is 10.1. The molecule has 0 spiro atoms. The first-order chi connectivity index (χ1) is 13.0. The number of nitrogens with zero attached hydrogens (tertiary/aromatic N) is 2. The lowest BCUT2D eigenvalue weighted by molar-refractivity contribution is -0.119. The molecular weight excluding hydrogens is 342 g/mol. The maximum atomic E-state index is 12.1. The van der Waals surface area contributed by atoms with Crippen molar-refractivity contribution in [2.45, 2.75) is 20.4 Å². The lowest BCUT2D eigenvalue weighted by Gasteiger charge is -2.11. The maximum Gasteiger partial charge on any atom is 0.341 e. The van der Waals surface area contributed by atoms with Crippen LogP contribution >= 0.6 is 0 Å². The predicted octanol–water partition coefficient (Wildman–Crippen LogP) is 3.34. The number of aromatic nitrogens is 2. The van der Waals surface area contributed by atoms with Crippen LogP contribution in [0, 0.1) is 13.8 Å². The van der Waals surface area contributed by atoms with Crippen molar-refractivity contribution in [1.82, 2.24) is 9.78 Å². The van der Waals surface area contributed by atoms with Gasteiger partial charge in [-0.2, -0.15) is 5.10 Å². The summed E-state index contributed by atoms with van der Waals surface area (Å²) in [6, 6.07) is 15.6. The highest BCUT2D eigenvalue weighted by molar-refractivity contribution is 5.96. The molecule has 0 radical (unpaired) electrons. The molecule has 2 aromatic carbocycles. The highest BCUT2D eigenvalue weighted by Gasteiger charge is 2.14. The number of para-hydroxylation sites is 1. The monoisotopic (exact) mass is 363 g/mol. The van der Waals surface area contributed by atoms with Gasteiger partial charge in [-0.05, 0) is 30.5 Å². The number of esters is 1. The van der Waals surface area contributed by atoms with E-state index in [0.29, 0.717) is 12.1 Å². The van der Waals surface area contributed by atoms with Crippen molar-refractivity contribution in [2.24, 2.45) is 0 Å². The fraction of sp³-hybridized carbons (Fsp3) is 0.190. The molecule has 0 saturated heterocycles. The second kappa shape index (κ2) is 8.31. The molecule has 0 aliphatic heterocycles. The summed E-state index contributed by atoms with van der Waals surface area (Å²) in [4.78, 5) is 24.2. The van der Waals surface area contributed by atoms with E-state index in [1.807, 2.05) is 62.4 Å². The quantitative estimate of drug-likeness (QED) is 0.682. The minimum Gasteiger partial charge on any atom is -0.452 e. The number of anilines is 1. The third kappa shape index (κ3) is 4.82. The molecule has 1 aromatic heterocycles. The van der Waals surface area contributed by atoms with Crippen molar-refractivity contribution in [3.8, 4) is 0 Å². The number of aryl methyl sites for hydroxylation is 2. The van der Waals surface area contributed by atoms with E-state index >= 15 is 0 Å². The van der Waals surface area contributed by atoms with Gasteiger partial charge in [0.2, 0.25) is 0 Å². The Balaban J connectivity index is 1.54. The number of amides is 1. The van der Waals surface area contributed by atoms with Crippen LogP contribution in [-0.4, -0.2) is 28.3 Å². The molecule has 0 saturated carbocycles. The summed E-state index contributed by atoms with van der Waals surface area (Å²) < 4.78 is 6.76. The van der Waals surface area contributed by atoms with Crippen molar-refractivity contribution >= 4 is 17.6 Å². The van der Waals surface area contributed by atoms with Gasteiger partial charge in [0.05, 0.1) is 18.3 Å². The Morgan fingerprint density at radius 3 is 2.44 bits per heavy atom. The van der Waals surface area contributed by atoms with Crippen LogP contribution in [0.4, 0.5) is 5.69 Å². The Bertz CT molecular complexity index is 928. The van der Waals surface area contributed by atoms with Gasteiger partial charge in [0.15, 0.2) is 6.61 Å². The molecule has 27 heavy (non-hydrogen) atoms. The van der Waals surface area contributed by atoms with Crippen LogP contribution in [-0.2, 0) is 16.1 Å². The van der Waals surface area contributed by atoms with E-state index in [1.54, 1.807) is 10.9 Å². The van der Waals surface area contributed by atoms with E-state index in [9.17, 15) is 9.59 Å². The summed E-state index contributed by atoms with van der Waals surface area (Å²) in [7, 11) is 0. The summed E-state index contributed by atoms with van der Waals surface area (Å²) in [5.41, 5.74) is 4.04. The largest absolute Gasteiger partial charge is 0.452 e. The van der Waals surface area contributed by atoms with Gasteiger partial charge in [-0.3, -0.25) is 9.48 Å². The van der Waals surface area contributed by atoms with Crippen LogP contribution in [0.1, 0.15) is 27.0 Å². The van der Waals surface area contributed by atoms with Crippen molar-refractivity contribution < 1.29 is 14.3 Å². The molecule has 1 N–H and O–H groups in total. The first kappa shape index (κ1) is 18.4. The first-order valence-electron chi connectivity index (χ1n) is 8.62. The number of carbonyl (C=O) groups is 2. The molecule has 3 aromatic rings. The smallest absolute Gasteiger partial charge is 0.341 e. The van der Waals surface area contributed by atoms with Crippen LogP contribution in [0.15, 0.2) is 60.9 Å². The number of ether oxygens (including phenoxy) is 1. The minimum atomic E-state index is -0.578. The van der Waals surface area contributed by atoms with Gasteiger partial charge in [-0.1, -0.05) is 48.5 Å². The second-order valence-electron chi connectivity index (χ2n) is 6.30. The normalized spacial score (nSPS) is 10.4. The van der Waals surface area contributed by atoms with Gasteiger partial charge in [-0.25, -0.2) is 4.79 Å². The van der Waals surface area contributed by atoms with Gasteiger partial charge in [0.25, 0.3) is 5.91 Å². The van der Waals surface area contributed by atoms with Gasteiger partial charge in [-0.15, -0.1) is 0 Å². The lowest BCUT2D eigenvalue weighted by Crippen LogP contribution is -2.21. The average molecular weight is 363 g/mol. The number of rotatable bonds is 6. The van der Waals surface area contributed by atoms with E-state index in [0.717, 1.165) is 22.4 Å². The zero-order chi connectivity index (χ0) is 19.2. The summed E-state index contributed by atoms with van der Waals surface area (Å²) in [5, 5.41) is 6.95. The number of nitrogens with one attached hydrogen (secondary N) is 1.